The van der Waals surface area contributed by atoms with Gasteiger partial charge in [-0.2, -0.15) is 0 Å². The number of anilines is 1. The predicted molar refractivity (Wildman–Crippen MR) is 119 cm³/mol. The Bertz CT molecular complexity index is 822. The Labute approximate surface area is 182 Å². The topological polar surface area (TPSA) is 63.5 Å². The lowest BCUT2D eigenvalue weighted by atomic mass is 10.0. The molecule has 30 heavy (non-hydrogen) atoms. The molecule has 0 N–H and O–H groups in total. The van der Waals surface area contributed by atoms with Crippen LogP contribution in [0.25, 0.3) is 0 Å². The normalized spacial score (nSPS) is 19.8. The van der Waals surface area contributed by atoms with E-state index in [0.717, 1.165) is 50.0 Å². The van der Waals surface area contributed by atoms with Gasteiger partial charge in [-0.1, -0.05) is 49.0 Å². The average molecular weight is 430 g/mol. The molecule has 1 aromatic heterocycles. The van der Waals surface area contributed by atoms with Crippen LogP contribution in [0.15, 0.2) is 35.5 Å². The molecule has 0 bridgehead atoms. The van der Waals surface area contributed by atoms with Crippen LogP contribution in [0, 0.1) is 0 Å². The Balaban J connectivity index is 1.50. The van der Waals surface area contributed by atoms with Gasteiger partial charge in [-0.15, -0.1) is 10.2 Å². The molecule has 4 rings (SSSR count). The molecule has 2 aliphatic rings. The van der Waals surface area contributed by atoms with Gasteiger partial charge in [0.25, 0.3) is 0 Å². The van der Waals surface area contributed by atoms with E-state index in [0.29, 0.717) is 31.6 Å². The fourth-order valence-electron chi connectivity index (χ4n) is 4.25. The molecule has 1 aromatic carbocycles. The van der Waals surface area contributed by atoms with Gasteiger partial charge in [-0.05, 0) is 31.2 Å². The number of benzene rings is 1. The van der Waals surface area contributed by atoms with Crippen LogP contribution in [0.3, 0.4) is 0 Å². The van der Waals surface area contributed by atoms with Crippen LogP contribution in [-0.2, 0) is 16.1 Å². The molecule has 2 saturated heterocycles. The monoisotopic (exact) mass is 429 g/mol. The number of rotatable bonds is 7. The number of piperidine rings is 1. The fourth-order valence-corrected chi connectivity index (χ4v) is 5.07. The first-order chi connectivity index (χ1) is 14.8. The molecule has 2 aromatic rings. The van der Waals surface area contributed by atoms with Gasteiger partial charge in [-0.3, -0.25) is 9.36 Å². The number of aromatic nitrogens is 3. The van der Waals surface area contributed by atoms with Crippen LogP contribution < -0.4 is 4.90 Å². The Kier molecular flexibility index (Phi) is 7.28. The lowest BCUT2D eigenvalue weighted by Crippen LogP contribution is -2.44. The molecular weight excluding hydrogens is 398 g/mol. The van der Waals surface area contributed by atoms with Gasteiger partial charge < -0.3 is 14.5 Å². The molecule has 162 valence electrons. The third kappa shape index (κ3) is 4.98. The van der Waals surface area contributed by atoms with Gasteiger partial charge in [0.2, 0.25) is 11.9 Å². The van der Waals surface area contributed by atoms with E-state index in [1.165, 1.54) is 23.7 Å². The number of likely N-dealkylation sites (tertiary alicyclic amines) is 1. The number of ether oxygens (including phenoxy) is 1. The van der Waals surface area contributed by atoms with Crippen LogP contribution in [-0.4, -0.2) is 70.2 Å². The summed E-state index contributed by atoms with van der Waals surface area (Å²) in [6.45, 7) is 6.77. The summed E-state index contributed by atoms with van der Waals surface area (Å²) in [6, 6.07) is 10.7. The van der Waals surface area contributed by atoms with Gasteiger partial charge in [0.15, 0.2) is 5.16 Å². The highest BCUT2D eigenvalue weighted by Gasteiger charge is 2.26. The molecule has 2 fully saturated rings. The van der Waals surface area contributed by atoms with E-state index < -0.39 is 0 Å². The molecule has 2 aliphatic heterocycles. The molecule has 3 heterocycles. The Hall–Kier alpha value is -2.06. The Morgan fingerprint density at radius 3 is 2.70 bits per heavy atom. The molecule has 0 saturated carbocycles. The summed E-state index contributed by atoms with van der Waals surface area (Å²) in [5, 5.41) is 9.77. The molecule has 8 heteroatoms. The van der Waals surface area contributed by atoms with E-state index >= 15 is 0 Å². The first kappa shape index (κ1) is 21.2. The lowest BCUT2D eigenvalue weighted by Gasteiger charge is -2.35. The second-order valence-electron chi connectivity index (χ2n) is 7.89. The lowest BCUT2D eigenvalue weighted by molar-refractivity contribution is -0.132. The number of carbonyl (C=O) groups is 1. The molecular formula is C22H31N5O2S. The maximum absolute atomic E-state index is 12.9. The van der Waals surface area contributed by atoms with Crippen molar-refractivity contribution in [1.82, 2.24) is 19.7 Å². The third-order valence-corrected chi connectivity index (χ3v) is 6.87. The number of thioether (sulfide) groups is 1. The van der Waals surface area contributed by atoms with E-state index in [4.69, 9.17) is 4.74 Å². The SMILES string of the molecule is CCC1CCCCN1C(=O)CSc1nnc(N2CCOCC2)n1Cc1ccccc1. The van der Waals surface area contributed by atoms with Gasteiger partial charge in [0, 0.05) is 25.7 Å². The zero-order chi connectivity index (χ0) is 20.8. The fraction of sp³-hybridized carbons (Fsp3) is 0.591. The van der Waals surface area contributed by atoms with Crippen molar-refractivity contribution in [1.29, 1.82) is 0 Å². The van der Waals surface area contributed by atoms with Crippen LogP contribution in [0.5, 0.6) is 0 Å². The maximum Gasteiger partial charge on any atom is 0.233 e. The third-order valence-electron chi connectivity index (χ3n) is 5.92. The minimum absolute atomic E-state index is 0.216. The van der Waals surface area contributed by atoms with Crippen LogP contribution in [0.4, 0.5) is 5.95 Å². The molecule has 0 aliphatic carbocycles. The largest absolute Gasteiger partial charge is 0.378 e. The van der Waals surface area contributed by atoms with Gasteiger partial charge in [-0.25, -0.2) is 0 Å². The summed E-state index contributed by atoms with van der Waals surface area (Å²) < 4.78 is 7.64. The van der Waals surface area contributed by atoms with E-state index in [1.54, 1.807) is 0 Å². The average Bonchev–Trinajstić information content (AvgIpc) is 3.21. The first-order valence-electron chi connectivity index (χ1n) is 11.0. The highest BCUT2D eigenvalue weighted by atomic mass is 32.2. The van der Waals surface area contributed by atoms with Crippen molar-refractivity contribution in [3.8, 4) is 0 Å². The van der Waals surface area contributed by atoms with Crippen molar-refractivity contribution in [2.24, 2.45) is 0 Å². The highest BCUT2D eigenvalue weighted by Crippen LogP contribution is 2.26. The van der Waals surface area contributed by atoms with E-state index in [2.05, 4.69) is 43.6 Å². The van der Waals surface area contributed by atoms with Crippen molar-refractivity contribution in [2.75, 3.05) is 43.5 Å². The van der Waals surface area contributed by atoms with Gasteiger partial charge in [0.1, 0.15) is 0 Å². The number of carbonyl (C=O) groups excluding carboxylic acids is 1. The number of amides is 1. The Morgan fingerprint density at radius 1 is 1.13 bits per heavy atom. The molecule has 1 unspecified atom stereocenters. The van der Waals surface area contributed by atoms with Crippen molar-refractivity contribution in [3.05, 3.63) is 35.9 Å². The maximum atomic E-state index is 12.9. The summed E-state index contributed by atoms with van der Waals surface area (Å²) >= 11 is 1.51. The van der Waals surface area contributed by atoms with E-state index in [9.17, 15) is 4.79 Å². The standard InChI is InChI=1S/C22H31N5O2S/c1-2-19-10-6-7-11-26(19)20(28)17-30-22-24-23-21(25-12-14-29-15-13-25)27(22)16-18-8-4-3-5-9-18/h3-5,8-9,19H,2,6-7,10-17H2,1H3. The van der Waals surface area contributed by atoms with Crippen molar-refractivity contribution >= 4 is 23.6 Å². The smallest absolute Gasteiger partial charge is 0.233 e. The summed E-state index contributed by atoms with van der Waals surface area (Å²) in [6.07, 6.45) is 4.49. The molecule has 1 amide bonds. The van der Waals surface area contributed by atoms with Crippen LogP contribution in [0.2, 0.25) is 0 Å². The zero-order valence-corrected chi connectivity index (χ0v) is 18.5. The van der Waals surface area contributed by atoms with E-state index in [1.807, 2.05) is 18.2 Å². The molecule has 0 radical (unpaired) electrons. The predicted octanol–water partition coefficient (Wildman–Crippen LogP) is 3.05. The zero-order valence-electron chi connectivity index (χ0n) is 17.7. The second-order valence-corrected chi connectivity index (χ2v) is 8.83. The van der Waals surface area contributed by atoms with E-state index in [-0.39, 0.29) is 5.91 Å². The summed E-state index contributed by atoms with van der Waals surface area (Å²) in [7, 11) is 0. The molecule has 1 atom stereocenters. The van der Waals surface area contributed by atoms with Crippen molar-refractivity contribution in [2.45, 2.75) is 50.4 Å². The van der Waals surface area contributed by atoms with Gasteiger partial charge >= 0.3 is 0 Å². The minimum atomic E-state index is 0.216. The first-order valence-corrected chi connectivity index (χ1v) is 12.0. The quantitative estimate of drug-likeness (QED) is 0.631. The molecule has 0 spiro atoms. The summed E-state index contributed by atoms with van der Waals surface area (Å²) in [4.78, 5) is 17.2. The summed E-state index contributed by atoms with van der Waals surface area (Å²) in [5.41, 5.74) is 1.20. The van der Waals surface area contributed by atoms with Gasteiger partial charge in [0.05, 0.1) is 25.5 Å². The van der Waals surface area contributed by atoms with Crippen LogP contribution in [0.1, 0.15) is 38.2 Å². The number of hydrogen-bond acceptors (Lipinski definition) is 6. The second kappa shape index (κ2) is 10.3. The van der Waals surface area contributed by atoms with Crippen molar-refractivity contribution in [3.63, 3.8) is 0 Å². The highest BCUT2D eigenvalue weighted by molar-refractivity contribution is 7.99. The summed E-state index contributed by atoms with van der Waals surface area (Å²) in [5.74, 6) is 1.49. The van der Waals surface area contributed by atoms with Crippen LogP contribution >= 0.6 is 11.8 Å². The number of morpholine rings is 1. The Morgan fingerprint density at radius 2 is 1.93 bits per heavy atom. The number of hydrogen-bond donors (Lipinski definition) is 0. The number of nitrogens with zero attached hydrogens (tertiary/aromatic N) is 5. The molecule has 7 nitrogen and oxygen atoms in total. The van der Waals surface area contributed by atoms with Crippen molar-refractivity contribution < 1.29 is 9.53 Å². The minimum Gasteiger partial charge on any atom is -0.378 e.